The normalized spacial score (nSPS) is 14.3. The molecule has 0 aliphatic carbocycles. The molecule has 0 saturated heterocycles. The highest BCUT2D eigenvalue weighted by Crippen LogP contribution is 2.20. The molecular weight excluding hydrogens is 229 g/mol. The predicted octanol–water partition coefficient (Wildman–Crippen LogP) is 3.03. The molecule has 0 amide bonds. The zero-order valence-corrected chi connectivity index (χ0v) is 10.9. The summed E-state index contributed by atoms with van der Waals surface area (Å²) in [6.45, 7) is 3.66. The highest BCUT2D eigenvalue weighted by molar-refractivity contribution is 4.61. The van der Waals surface area contributed by atoms with E-state index < -0.39 is 12.6 Å². The van der Waals surface area contributed by atoms with E-state index in [2.05, 4.69) is 6.92 Å². The van der Waals surface area contributed by atoms with Gasteiger partial charge in [0, 0.05) is 6.54 Å². The van der Waals surface area contributed by atoms with Crippen molar-refractivity contribution in [3.8, 4) is 0 Å². The van der Waals surface area contributed by atoms with Gasteiger partial charge in [0.1, 0.15) is 0 Å². The van der Waals surface area contributed by atoms with Crippen molar-refractivity contribution >= 4 is 0 Å². The third kappa shape index (κ3) is 10.6. The molecule has 0 heterocycles. The minimum Gasteiger partial charge on any atom is -0.330 e. The molecule has 0 spiro atoms. The molecule has 0 aliphatic rings. The number of nitrogens with two attached hydrogens (primary N) is 1. The van der Waals surface area contributed by atoms with Gasteiger partial charge in [0.2, 0.25) is 0 Å². The lowest BCUT2D eigenvalue weighted by atomic mass is 9.96. The zero-order valence-electron chi connectivity index (χ0n) is 10.9. The van der Waals surface area contributed by atoms with Crippen molar-refractivity contribution in [2.24, 2.45) is 11.7 Å². The molecule has 17 heavy (non-hydrogen) atoms. The van der Waals surface area contributed by atoms with Crippen LogP contribution < -0.4 is 5.73 Å². The van der Waals surface area contributed by atoms with Gasteiger partial charge in [-0.2, -0.15) is 13.2 Å². The van der Waals surface area contributed by atoms with Crippen LogP contribution in [-0.2, 0) is 0 Å². The lowest BCUT2D eigenvalue weighted by molar-refractivity contribution is -0.137. The molecule has 0 saturated carbocycles. The molecule has 2 N–H and O–H groups in total. The fourth-order valence-electron chi connectivity index (χ4n) is 1.87. The summed E-state index contributed by atoms with van der Waals surface area (Å²) in [6.07, 6.45) is -0.633. The summed E-state index contributed by atoms with van der Waals surface area (Å²) in [4.78, 5) is 1.75. The second-order valence-corrected chi connectivity index (χ2v) is 4.66. The minimum atomic E-state index is -4.04. The van der Waals surface area contributed by atoms with Crippen LogP contribution in [0.25, 0.3) is 0 Å². The van der Waals surface area contributed by atoms with E-state index >= 15 is 0 Å². The first-order chi connectivity index (χ1) is 7.89. The number of halogens is 3. The maximum absolute atomic E-state index is 12.0. The van der Waals surface area contributed by atoms with Gasteiger partial charge < -0.3 is 10.6 Å². The fraction of sp³-hybridized carbons (Fsp3) is 1.00. The highest BCUT2D eigenvalue weighted by atomic mass is 19.4. The molecule has 5 heteroatoms. The van der Waals surface area contributed by atoms with E-state index in [4.69, 9.17) is 5.73 Å². The first kappa shape index (κ1) is 16.7. The third-order valence-electron chi connectivity index (χ3n) is 3.08. The smallest absolute Gasteiger partial charge is 0.330 e. The van der Waals surface area contributed by atoms with Crippen molar-refractivity contribution in [3.05, 3.63) is 0 Å². The summed E-state index contributed by atoms with van der Waals surface area (Å²) in [7, 11) is 1.75. The highest BCUT2D eigenvalue weighted by Gasteiger charge is 2.26. The Hall–Kier alpha value is -0.290. The Balaban J connectivity index is 3.59. The van der Waals surface area contributed by atoms with Crippen LogP contribution in [0, 0.1) is 5.92 Å². The Bertz CT molecular complexity index is 183. The van der Waals surface area contributed by atoms with Gasteiger partial charge in [-0.05, 0) is 45.3 Å². The van der Waals surface area contributed by atoms with Gasteiger partial charge in [-0.3, -0.25) is 0 Å². The Morgan fingerprint density at radius 3 is 2.29 bits per heavy atom. The van der Waals surface area contributed by atoms with E-state index in [9.17, 15) is 13.2 Å². The van der Waals surface area contributed by atoms with E-state index in [1.807, 2.05) is 0 Å². The van der Waals surface area contributed by atoms with Crippen LogP contribution in [-0.4, -0.2) is 37.8 Å². The van der Waals surface area contributed by atoms with Crippen LogP contribution in [0.3, 0.4) is 0 Å². The van der Waals surface area contributed by atoms with E-state index in [1.54, 1.807) is 11.9 Å². The van der Waals surface area contributed by atoms with Crippen LogP contribution in [0.1, 0.15) is 39.0 Å². The van der Waals surface area contributed by atoms with E-state index in [0.717, 1.165) is 32.2 Å². The first-order valence-corrected chi connectivity index (χ1v) is 6.34. The SMILES string of the molecule is CCC(CCN)CCCN(C)CCC(F)(F)F. The van der Waals surface area contributed by atoms with Gasteiger partial charge in [-0.1, -0.05) is 13.3 Å². The number of hydrogen-bond donors (Lipinski definition) is 1. The molecule has 0 aromatic rings. The molecule has 1 unspecified atom stereocenters. The van der Waals surface area contributed by atoms with Gasteiger partial charge in [-0.25, -0.2) is 0 Å². The molecule has 0 aliphatic heterocycles. The Kier molecular flexibility index (Phi) is 8.60. The van der Waals surface area contributed by atoms with Crippen LogP contribution in [0.15, 0.2) is 0 Å². The van der Waals surface area contributed by atoms with Gasteiger partial charge in [0.25, 0.3) is 0 Å². The predicted molar refractivity (Wildman–Crippen MR) is 64.9 cm³/mol. The number of hydrogen-bond acceptors (Lipinski definition) is 2. The van der Waals surface area contributed by atoms with Crippen molar-refractivity contribution in [3.63, 3.8) is 0 Å². The molecular formula is C12H25F3N2. The summed E-state index contributed by atoms with van der Waals surface area (Å²) in [6, 6.07) is 0. The minimum absolute atomic E-state index is 0.0944. The van der Waals surface area contributed by atoms with Crippen LogP contribution in [0.5, 0.6) is 0 Å². The second kappa shape index (κ2) is 8.75. The Labute approximate surface area is 102 Å². The summed E-state index contributed by atoms with van der Waals surface area (Å²) in [5.74, 6) is 0.621. The largest absolute Gasteiger partial charge is 0.390 e. The molecule has 0 bridgehead atoms. The number of alkyl halides is 3. The van der Waals surface area contributed by atoms with E-state index in [-0.39, 0.29) is 6.54 Å². The van der Waals surface area contributed by atoms with Crippen molar-refractivity contribution in [2.75, 3.05) is 26.7 Å². The van der Waals surface area contributed by atoms with E-state index in [1.165, 1.54) is 0 Å². The maximum atomic E-state index is 12.0. The third-order valence-corrected chi connectivity index (χ3v) is 3.08. The van der Waals surface area contributed by atoms with Crippen LogP contribution in [0.4, 0.5) is 13.2 Å². The summed E-state index contributed by atoms with van der Waals surface area (Å²) < 4.78 is 35.9. The zero-order chi connectivity index (χ0) is 13.3. The summed E-state index contributed by atoms with van der Waals surface area (Å²) >= 11 is 0. The molecule has 0 rings (SSSR count). The molecule has 1 atom stereocenters. The van der Waals surface area contributed by atoms with Gasteiger partial charge in [0.05, 0.1) is 6.42 Å². The second-order valence-electron chi connectivity index (χ2n) is 4.66. The summed E-state index contributed by atoms with van der Waals surface area (Å²) in [5.41, 5.74) is 5.50. The molecule has 0 fully saturated rings. The Morgan fingerprint density at radius 2 is 1.82 bits per heavy atom. The van der Waals surface area contributed by atoms with Crippen molar-refractivity contribution in [2.45, 2.75) is 45.2 Å². The van der Waals surface area contributed by atoms with Crippen molar-refractivity contribution in [1.82, 2.24) is 4.90 Å². The standard InChI is InChI=1S/C12H25F3N2/c1-3-11(6-8-16)5-4-9-17(2)10-7-12(13,14)15/h11H,3-10,16H2,1-2H3. The quantitative estimate of drug-likeness (QED) is 0.685. The average molecular weight is 254 g/mol. The van der Waals surface area contributed by atoms with Crippen molar-refractivity contribution < 1.29 is 13.2 Å². The monoisotopic (exact) mass is 254 g/mol. The molecule has 104 valence electrons. The molecule has 0 aromatic heterocycles. The molecule has 0 aromatic carbocycles. The lowest BCUT2D eigenvalue weighted by Gasteiger charge is -2.19. The topological polar surface area (TPSA) is 29.3 Å². The van der Waals surface area contributed by atoms with Crippen LogP contribution >= 0.6 is 0 Å². The van der Waals surface area contributed by atoms with Crippen molar-refractivity contribution in [1.29, 1.82) is 0 Å². The maximum Gasteiger partial charge on any atom is 0.390 e. The Morgan fingerprint density at radius 1 is 1.18 bits per heavy atom. The average Bonchev–Trinajstić information content (AvgIpc) is 2.24. The van der Waals surface area contributed by atoms with E-state index in [0.29, 0.717) is 12.5 Å². The number of nitrogens with zero attached hydrogens (tertiary/aromatic N) is 1. The van der Waals surface area contributed by atoms with Gasteiger partial charge in [-0.15, -0.1) is 0 Å². The van der Waals surface area contributed by atoms with Gasteiger partial charge >= 0.3 is 6.18 Å². The molecule has 0 radical (unpaired) electrons. The summed E-state index contributed by atoms with van der Waals surface area (Å²) in [5, 5.41) is 0. The van der Waals surface area contributed by atoms with Gasteiger partial charge in [0.15, 0.2) is 0 Å². The molecule has 2 nitrogen and oxygen atoms in total. The fourth-order valence-corrected chi connectivity index (χ4v) is 1.87. The number of rotatable bonds is 9. The first-order valence-electron chi connectivity index (χ1n) is 6.34. The van der Waals surface area contributed by atoms with Crippen LogP contribution in [0.2, 0.25) is 0 Å². The lowest BCUT2D eigenvalue weighted by Crippen LogP contribution is -2.25.